The molecule has 2 aromatic carbocycles. The van der Waals surface area contributed by atoms with E-state index in [1.54, 1.807) is 39.0 Å². The lowest BCUT2D eigenvalue weighted by Crippen LogP contribution is -2.35. The number of rotatable bonds is 9. The maximum atomic E-state index is 13.5. The van der Waals surface area contributed by atoms with Crippen molar-refractivity contribution in [1.82, 2.24) is 5.32 Å². The van der Waals surface area contributed by atoms with E-state index in [9.17, 15) is 14.7 Å². The predicted octanol–water partition coefficient (Wildman–Crippen LogP) is 5.08. The zero-order chi connectivity index (χ0) is 26.4. The van der Waals surface area contributed by atoms with Crippen molar-refractivity contribution in [2.75, 3.05) is 20.3 Å². The van der Waals surface area contributed by atoms with Crippen LogP contribution in [0.15, 0.2) is 71.1 Å². The molecule has 1 unspecified atom stereocenters. The van der Waals surface area contributed by atoms with Gasteiger partial charge in [-0.05, 0) is 38.0 Å². The number of dihydropyridines is 1. The number of nitrogens with one attached hydrogen (secondary N) is 1. The number of halogens is 2. The molecule has 192 valence electrons. The van der Waals surface area contributed by atoms with Crippen LogP contribution < -0.4 is 5.32 Å². The molecule has 2 atom stereocenters. The second-order valence-corrected chi connectivity index (χ2v) is 9.26. The number of methoxy groups -OCH3 is 1. The van der Waals surface area contributed by atoms with Crippen LogP contribution in [0.1, 0.15) is 43.9 Å². The Kier molecular flexibility index (Phi) is 9.56. The minimum Gasteiger partial charge on any atom is -0.460 e. The number of hydrogen-bond donors (Lipinski definition) is 2. The van der Waals surface area contributed by atoms with Gasteiger partial charge in [0.2, 0.25) is 0 Å². The maximum absolute atomic E-state index is 13.5. The van der Waals surface area contributed by atoms with Gasteiger partial charge in [0.25, 0.3) is 0 Å². The third-order valence-electron chi connectivity index (χ3n) is 5.70. The number of benzene rings is 2. The summed E-state index contributed by atoms with van der Waals surface area (Å²) in [6.07, 6.45) is -0.925. The molecule has 0 fully saturated rings. The number of esters is 2. The van der Waals surface area contributed by atoms with Gasteiger partial charge in [0.05, 0.1) is 45.5 Å². The van der Waals surface area contributed by atoms with Crippen molar-refractivity contribution in [3.8, 4) is 0 Å². The molecule has 2 aromatic rings. The fourth-order valence-corrected chi connectivity index (χ4v) is 4.48. The van der Waals surface area contributed by atoms with Crippen LogP contribution in [0.5, 0.6) is 0 Å². The van der Waals surface area contributed by atoms with Gasteiger partial charge < -0.3 is 24.6 Å². The van der Waals surface area contributed by atoms with E-state index >= 15 is 0 Å². The van der Waals surface area contributed by atoms with Crippen molar-refractivity contribution in [1.29, 1.82) is 0 Å². The van der Waals surface area contributed by atoms with Crippen molar-refractivity contribution < 1.29 is 28.9 Å². The number of aliphatic hydroxyl groups is 1. The Morgan fingerprint density at radius 2 is 1.72 bits per heavy atom. The number of carbonyl (C=O) groups excluding carboxylic acids is 2. The SMILES string of the molecule is CO[C@@H](COC(=O)C1=C(C)NC(CO)=C(C(=O)OC(C)C)C1c1cccc(Cl)c1Cl)c1ccccc1. The van der Waals surface area contributed by atoms with Crippen LogP contribution in [0.2, 0.25) is 10.0 Å². The zero-order valence-electron chi connectivity index (χ0n) is 20.5. The first kappa shape index (κ1) is 27.7. The Balaban J connectivity index is 2.05. The number of ether oxygens (including phenoxy) is 3. The average Bonchev–Trinajstić information content (AvgIpc) is 2.85. The number of allylic oxidation sites excluding steroid dienone is 1. The van der Waals surface area contributed by atoms with Gasteiger partial charge in [-0.1, -0.05) is 65.7 Å². The summed E-state index contributed by atoms with van der Waals surface area (Å²) < 4.78 is 16.7. The van der Waals surface area contributed by atoms with E-state index in [1.807, 2.05) is 30.3 Å². The van der Waals surface area contributed by atoms with Crippen LogP contribution in [0.3, 0.4) is 0 Å². The molecule has 1 heterocycles. The van der Waals surface area contributed by atoms with E-state index in [1.165, 1.54) is 7.11 Å². The van der Waals surface area contributed by atoms with Gasteiger partial charge in [-0.2, -0.15) is 0 Å². The second-order valence-electron chi connectivity index (χ2n) is 8.48. The lowest BCUT2D eigenvalue weighted by molar-refractivity contribution is -0.143. The summed E-state index contributed by atoms with van der Waals surface area (Å²) in [5, 5.41) is 13.5. The van der Waals surface area contributed by atoms with E-state index in [2.05, 4.69) is 5.32 Å². The van der Waals surface area contributed by atoms with Gasteiger partial charge in [0.15, 0.2) is 0 Å². The van der Waals surface area contributed by atoms with Crippen molar-refractivity contribution in [2.24, 2.45) is 0 Å². The molecule has 36 heavy (non-hydrogen) atoms. The highest BCUT2D eigenvalue weighted by molar-refractivity contribution is 6.42. The Bertz CT molecular complexity index is 1180. The summed E-state index contributed by atoms with van der Waals surface area (Å²) >= 11 is 12.8. The van der Waals surface area contributed by atoms with Gasteiger partial charge in [0, 0.05) is 12.8 Å². The third-order valence-corrected chi connectivity index (χ3v) is 6.53. The first-order chi connectivity index (χ1) is 17.2. The van der Waals surface area contributed by atoms with E-state index in [0.29, 0.717) is 11.3 Å². The van der Waals surface area contributed by atoms with E-state index < -0.39 is 36.7 Å². The summed E-state index contributed by atoms with van der Waals surface area (Å²) in [5.74, 6) is -2.36. The molecule has 0 aliphatic carbocycles. The third kappa shape index (κ3) is 6.10. The molecule has 9 heteroatoms. The van der Waals surface area contributed by atoms with E-state index in [0.717, 1.165) is 5.56 Å². The molecule has 0 spiro atoms. The van der Waals surface area contributed by atoms with Gasteiger partial charge in [0.1, 0.15) is 12.7 Å². The topological polar surface area (TPSA) is 94.1 Å². The van der Waals surface area contributed by atoms with Gasteiger partial charge in [-0.15, -0.1) is 0 Å². The van der Waals surface area contributed by atoms with Gasteiger partial charge in [-0.3, -0.25) is 0 Å². The van der Waals surface area contributed by atoms with Crippen molar-refractivity contribution in [2.45, 2.75) is 38.9 Å². The molecule has 0 saturated heterocycles. The first-order valence-corrected chi connectivity index (χ1v) is 12.2. The molecule has 1 aliphatic rings. The molecule has 1 aliphatic heterocycles. The minimum atomic E-state index is -0.990. The van der Waals surface area contributed by atoms with Crippen LogP contribution in [-0.4, -0.2) is 43.5 Å². The Morgan fingerprint density at radius 1 is 1.03 bits per heavy atom. The number of aliphatic hydroxyl groups excluding tert-OH is 1. The van der Waals surface area contributed by atoms with E-state index in [4.69, 9.17) is 37.4 Å². The number of carbonyl (C=O) groups is 2. The highest BCUT2D eigenvalue weighted by Crippen LogP contribution is 2.43. The standard InChI is InChI=1S/C27H29Cl2NO6/c1-15(2)36-27(33)24-20(13-31)30-16(3)22(23(24)18-11-8-12-19(28)25(18)29)26(32)35-14-21(34-4)17-9-6-5-7-10-17/h5-12,15,21,23,30-31H,13-14H2,1-4H3/t21-,23?/m0/s1. The van der Waals surface area contributed by atoms with E-state index in [-0.39, 0.29) is 33.5 Å². The van der Waals surface area contributed by atoms with Crippen molar-refractivity contribution in [3.05, 3.63) is 92.2 Å². The Labute approximate surface area is 220 Å². The molecule has 0 bridgehead atoms. The summed E-state index contributed by atoms with van der Waals surface area (Å²) in [7, 11) is 1.53. The fourth-order valence-electron chi connectivity index (χ4n) is 4.06. The van der Waals surface area contributed by atoms with Crippen molar-refractivity contribution >= 4 is 35.1 Å². The Hall–Kier alpha value is -2.84. The molecule has 0 radical (unpaired) electrons. The first-order valence-electron chi connectivity index (χ1n) is 11.4. The maximum Gasteiger partial charge on any atom is 0.337 e. The summed E-state index contributed by atoms with van der Waals surface area (Å²) in [4.78, 5) is 26.8. The predicted molar refractivity (Wildman–Crippen MR) is 138 cm³/mol. The van der Waals surface area contributed by atoms with Gasteiger partial charge >= 0.3 is 11.9 Å². The average molecular weight is 534 g/mol. The lowest BCUT2D eigenvalue weighted by atomic mass is 9.80. The minimum absolute atomic E-state index is 0.0549. The molecule has 3 rings (SSSR count). The van der Waals surface area contributed by atoms with Crippen LogP contribution in [0.4, 0.5) is 0 Å². The van der Waals surface area contributed by atoms with Crippen LogP contribution >= 0.6 is 23.2 Å². The molecule has 0 aromatic heterocycles. The van der Waals surface area contributed by atoms with Crippen LogP contribution in [0, 0.1) is 0 Å². The molecule has 0 amide bonds. The quantitative estimate of drug-likeness (QED) is 0.434. The molecular weight excluding hydrogens is 505 g/mol. The second kappa shape index (κ2) is 12.4. The molecule has 7 nitrogen and oxygen atoms in total. The van der Waals surface area contributed by atoms with Crippen molar-refractivity contribution in [3.63, 3.8) is 0 Å². The molecule has 0 saturated carbocycles. The Morgan fingerprint density at radius 3 is 2.33 bits per heavy atom. The zero-order valence-corrected chi connectivity index (χ0v) is 22.0. The summed E-state index contributed by atoms with van der Waals surface area (Å²) in [6.45, 7) is 4.53. The normalized spacial score (nSPS) is 16.6. The molecule has 2 N–H and O–H groups in total. The monoisotopic (exact) mass is 533 g/mol. The largest absolute Gasteiger partial charge is 0.460 e. The summed E-state index contributed by atoms with van der Waals surface area (Å²) in [5.41, 5.74) is 2.06. The van der Waals surface area contributed by atoms with Crippen LogP contribution in [0.25, 0.3) is 0 Å². The summed E-state index contributed by atoms with van der Waals surface area (Å²) in [6, 6.07) is 14.3. The highest BCUT2D eigenvalue weighted by atomic mass is 35.5. The fraction of sp³-hybridized carbons (Fsp3) is 0.333. The lowest BCUT2D eigenvalue weighted by Gasteiger charge is -2.32. The highest BCUT2D eigenvalue weighted by Gasteiger charge is 2.40. The number of hydrogen-bond acceptors (Lipinski definition) is 7. The smallest absolute Gasteiger partial charge is 0.337 e. The van der Waals surface area contributed by atoms with Gasteiger partial charge in [-0.25, -0.2) is 9.59 Å². The molecular formula is C27H29Cl2NO6. The van der Waals surface area contributed by atoms with Crippen LogP contribution in [-0.2, 0) is 23.8 Å².